The van der Waals surface area contributed by atoms with Gasteiger partial charge in [0.2, 0.25) is 0 Å². The van der Waals surface area contributed by atoms with Crippen molar-refractivity contribution in [3.63, 3.8) is 0 Å². The van der Waals surface area contributed by atoms with E-state index in [-0.39, 0.29) is 17.1 Å². The van der Waals surface area contributed by atoms with Crippen molar-refractivity contribution in [2.45, 2.75) is 89.9 Å². The molecule has 0 radical (unpaired) electrons. The van der Waals surface area contributed by atoms with Crippen LogP contribution in [0, 0.1) is 5.92 Å². The Labute approximate surface area is 113 Å². The molecule has 2 unspecified atom stereocenters. The van der Waals surface area contributed by atoms with Crippen molar-refractivity contribution in [3.8, 4) is 0 Å². The second kappa shape index (κ2) is 5.10. The Morgan fingerprint density at radius 1 is 1.17 bits per heavy atom. The summed E-state index contributed by atoms with van der Waals surface area (Å²) < 4.78 is 0. The third kappa shape index (κ3) is 3.94. The number of piperidine rings is 1. The highest BCUT2D eigenvalue weighted by Crippen LogP contribution is 2.38. The van der Waals surface area contributed by atoms with Crippen LogP contribution in [0.15, 0.2) is 0 Å². The minimum atomic E-state index is -0.748. The van der Waals surface area contributed by atoms with Crippen molar-refractivity contribution in [2.24, 2.45) is 11.7 Å². The molecule has 1 fully saturated rings. The molecule has 18 heavy (non-hydrogen) atoms. The van der Waals surface area contributed by atoms with E-state index < -0.39 is 5.60 Å². The zero-order valence-electron chi connectivity index (χ0n) is 13.0. The Balaban J connectivity index is 2.83. The number of aliphatic hydroxyl groups is 1. The summed E-state index contributed by atoms with van der Waals surface area (Å²) in [4.78, 5) is 0. The zero-order chi connectivity index (χ0) is 14.2. The quantitative estimate of drug-likeness (QED) is 0.724. The SMILES string of the molecule is CCC(C)CC(N)C1(O)CC(C)(C)NC(C)(C)C1. The summed E-state index contributed by atoms with van der Waals surface area (Å²) in [6.45, 7) is 13.0. The summed E-state index contributed by atoms with van der Waals surface area (Å²) in [5.74, 6) is 0.574. The summed E-state index contributed by atoms with van der Waals surface area (Å²) >= 11 is 0. The fourth-order valence-corrected chi connectivity index (χ4v) is 3.68. The van der Waals surface area contributed by atoms with Gasteiger partial charge in [-0.2, -0.15) is 0 Å². The summed E-state index contributed by atoms with van der Waals surface area (Å²) in [7, 11) is 0. The highest BCUT2D eigenvalue weighted by Gasteiger charge is 2.49. The molecule has 1 saturated heterocycles. The van der Waals surface area contributed by atoms with Crippen LogP contribution in [-0.4, -0.2) is 27.8 Å². The van der Waals surface area contributed by atoms with Crippen molar-refractivity contribution in [1.29, 1.82) is 0 Å². The summed E-state index contributed by atoms with van der Waals surface area (Å²) in [5.41, 5.74) is 5.44. The standard InChI is InChI=1S/C15H32N2O/c1-7-11(2)8-12(16)15(18)9-13(3,4)17-14(5,6)10-15/h11-12,17-18H,7-10,16H2,1-6H3. The van der Waals surface area contributed by atoms with E-state index in [1.807, 2.05) is 0 Å². The molecule has 0 bridgehead atoms. The largest absolute Gasteiger partial charge is 0.388 e. The smallest absolute Gasteiger partial charge is 0.0832 e. The van der Waals surface area contributed by atoms with Crippen molar-refractivity contribution < 1.29 is 5.11 Å². The summed E-state index contributed by atoms with van der Waals surface area (Å²) in [5, 5.41) is 14.6. The normalized spacial score (nSPS) is 28.7. The number of rotatable bonds is 4. The fraction of sp³-hybridized carbons (Fsp3) is 1.00. The maximum Gasteiger partial charge on any atom is 0.0832 e. The number of nitrogens with one attached hydrogen (secondary N) is 1. The first-order chi connectivity index (χ1) is 8.00. The van der Waals surface area contributed by atoms with Gasteiger partial charge in [-0.05, 0) is 52.9 Å². The van der Waals surface area contributed by atoms with E-state index in [4.69, 9.17) is 5.73 Å². The lowest BCUT2D eigenvalue weighted by molar-refractivity contribution is -0.0771. The zero-order valence-corrected chi connectivity index (χ0v) is 13.0. The summed E-state index contributed by atoms with van der Waals surface area (Å²) in [6.07, 6.45) is 3.47. The van der Waals surface area contributed by atoms with E-state index >= 15 is 0 Å². The van der Waals surface area contributed by atoms with Crippen molar-refractivity contribution >= 4 is 0 Å². The minimum Gasteiger partial charge on any atom is -0.388 e. The van der Waals surface area contributed by atoms with Crippen LogP contribution in [0.3, 0.4) is 0 Å². The van der Waals surface area contributed by atoms with E-state index in [1.165, 1.54) is 0 Å². The Morgan fingerprint density at radius 3 is 2.00 bits per heavy atom. The lowest BCUT2D eigenvalue weighted by atomic mass is 9.68. The number of hydrogen-bond donors (Lipinski definition) is 3. The van der Waals surface area contributed by atoms with Gasteiger partial charge >= 0.3 is 0 Å². The molecule has 1 aliphatic heterocycles. The average Bonchev–Trinajstić information content (AvgIpc) is 2.11. The molecule has 3 nitrogen and oxygen atoms in total. The molecule has 2 atom stereocenters. The predicted molar refractivity (Wildman–Crippen MR) is 77.5 cm³/mol. The second-order valence-electron chi connectivity index (χ2n) is 7.71. The molecular weight excluding hydrogens is 224 g/mol. The first-order valence-electron chi connectivity index (χ1n) is 7.27. The molecule has 0 aromatic carbocycles. The van der Waals surface area contributed by atoms with Gasteiger partial charge in [0.15, 0.2) is 0 Å². The highest BCUT2D eigenvalue weighted by atomic mass is 16.3. The molecule has 1 aliphatic rings. The molecule has 3 heteroatoms. The molecule has 1 rings (SSSR count). The topological polar surface area (TPSA) is 58.3 Å². The van der Waals surface area contributed by atoms with Crippen LogP contribution in [0.4, 0.5) is 0 Å². The lowest BCUT2D eigenvalue weighted by Gasteiger charge is -2.53. The molecule has 0 aromatic heterocycles. The molecule has 0 amide bonds. The monoisotopic (exact) mass is 256 g/mol. The molecule has 0 aromatic rings. The van der Waals surface area contributed by atoms with Crippen LogP contribution in [-0.2, 0) is 0 Å². The number of nitrogens with two attached hydrogens (primary N) is 1. The predicted octanol–water partition coefficient (Wildman–Crippen LogP) is 2.42. The van der Waals surface area contributed by atoms with Gasteiger partial charge in [-0.15, -0.1) is 0 Å². The van der Waals surface area contributed by atoms with Gasteiger partial charge in [-0.3, -0.25) is 0 Å². The Morgan fingerprint density at radius 2 is 1.61 bits per heavy atom. The van der Waals surface area contributed by atoms with Crippen LogP contribution in [0.5, 0.6) is 0 Å². The fourth-order valence-electron chi connectivity index (χ4n) is 3.68. The Hall–Kier alpha value is -0.120. The van der Waals surface area contributed by atoms with Crippen LogP contribution in [0.25, 0.3) is 0 Å². The van der Waals surface area contributed by atoms with Gasteiger partial charge < -0.3 is 16.2 Å². The molecule has 0 aliphatic carbocycles. The lowest BCUT2D eigenvalue weighted by Crippen LogP contribution is -2.67. The first-order valence-corrected chi connectivity index (χ1v) is 7.27. The van der Waals surface area contributed by atoms with E-state index in [1.54, 1.807) is 0 Å². The van der Waals surface area contributed by atoms with Crippen molar-refractivity contribution in [2.75, 3.05) is 0 Å². The highest BCUT2D eigenvalue weighted by molar-refractivity contribution is 5.08. The molecule has 1 heterocycles. The first kappa shape index (κ1) is 15.9. The van der Waals surface area contributed by atoms with Gasteiger partial charge in [0.25, 0.3) is 0 Å². The van der Waals surface area contributed by atoms with E-state index in [0.717, 1.165) is 25.7 Å². The molecule has 108 valence electrons. The van der Waals surface area contributed by atoms with E-state index in [9.17, 15) is 5.11 Å². The van der Waals surface area contributed by atoms with Gasteiger partial charge in [-0.25, -0.2) is 0 Å². The van der Waals surface area contributed by atoms with Crippen LogP contribution >= 0.6 is 0 Å². The summed E-state index contributed by atoms with van der Waals surface area (Å²) in [6, 6.07) is -0.131. The minimum absolute atomic E-state index is 0.0659. The molecule has 0 saturated carbocycles. The molecular formula is C15H32N2O. The Kier molecular flexibility index (Phi) is 4.52. The van der Waals surface area contributed by atoms with Crippen molar-refractivity contribution in [1.82, 2.24) is 5.32 Å². The van der Waals surface area contributed by atoms with E-state index in [2.05, 4.69) is 46.9 Å². The third-order valence-corrected chi connectivity index (χ3v) is 4.22. The van der Waals surface area contributed by atoms with Crippen molar-refractivity contribution in [3.05, 3.63) is 0 Å². The van der Waals surface area contributed by atoms with E-state index in [0.29, 0.717) is 5.92 Å². The van der Waals surface area contributed by atoms with Crippen LogP contribution in [0.2, 0.25) is 0 Å². The Bertz CT molecular complexity index is 270. The average molecular weight is 256 g/mol. The van der Waals surface area contributed by atoms with Gasteiger partial charge in [-0.1, -0.05) is 20.3 Å². The van der Waals surface area contributed by atoms with Gasteiger partial charge in [0.1, 0.15) is 0 Å². The maximum absolute atomic E-state index is 11.0. The van der Waals surface area contributed by atoms with Gasteiger partial charge in [0, 0.05) is 17.1 Å². The second-order valence-corrected chi connectivity index (χ2v) is 7.71. The third-order valence-electron chi connectivity index (χ3n) is 4.22. The van der Waals surface area contributed by atoms with Crippen LogP contribution in [0.1, 0.15) is 67.2 Å². The number of hydrogen-bond acceptors (Lipinski definition) is 3. The van der Waals surface area contributed by atoms with Crippen LogP contribution < -0.4 is 11.1 Å². The molecule has 4 N–H and O–H groups in total. The maximum atomic E-state index is 11.0. The van der Waals surface area contributed by atoms with Gasteiger partial charge in [0.05, 0.1) is 5.60 Å². The molecule has 0 spiro atoms.